The lowest BCUT2D eigenvalue weighted by Crippen LogP contribution is -2.27. The fourth-order valence-electron chi connectivity index (χ4n) is 3.42. The number of carbonyl (C=O) groups is 1. The van der Waals surface area contributed by atoms with Crippen LogP contribution in [0.3, 0.4) is 0 Å². The average Bonchev–Trinajstić information content (AvgIpc) is 3.47. The van der Waals surface area contributed by atoms with E-state index in [0.29, 0.717) is 12.3 Å². The van der Waals surface area contributed by atoms with Gasteiger partial charge in [-0.15, -0.1) is 11.3 Å². The summed E-state index contributed by atoms with van der Waals surface area (Å²) in [5.41, 5.74) is 5.02. The van der Waals surface area contributed by atoms with Crippen molar-refractivity contribution < 1.29 is 14.3 Å². The number of ether oxygens (including phenoxy) is 2. The van der Waals surface area contributed by atoms with Gasteiger partial charge in [0.15, 0.2) is 0 Å². The van der Waals surface area contributed by atoms with Gasteiger partial charge in [0.25, 0.3) is 0 Å². The first-order valence-corrected chi connectivity index (χ1v) is 11.1. The van der Waals surface area contributed by atoms with E-state index in [2.05, 4.69) is 36.5 Å². The molecule has 7 heteroatoms. The molecule has 0 saturated heterocycles. The van der Waals surface area contributed by atoms with Gasteiger partial charge < -0.3 is 19.4 Å². The fraction of sp³-hybridized carbons (Fsp3) is 0.200. The molecular weight excluding hydrogens is 422 g/mol. The molecule has 0 aliphatic rings. The SMILES string of the molecule is COc1ccc(OC)c(CNC(=O)Cn2cccc2-c2nc(-c3ccc(C)cc3)cs2)c1. The molecule has 4 aromatic rings. The Morgan fingerprint density at radius 3 is 2.66 bits per heavy atom. The Balaban J connectivity index is 1.44. The molecule has 2 aromatic heterocycles. The highest BCUT2D eigenvalue weighted by Crippen LogP contribution is 2.29. The number of methoxy groups -OCH3 is 2. The lowest BCUT2D eigenvalue weighted by molar-refractivity contribution is -0.121. The lowest BCUT2D eigenvalue weighted by atomic mass is 10.1. The summed E-state index contributed by atoms with van der Waals surface area (Å²) in [6, 6.07) is 17.8. The third-order valence-corrected chi connectivity index (χ3v) is 6.04. The van der Waals surface area contributed by atoms with E-state index in [0.717, 1.165) is 33.3 Å². The van der Waals surface area contributed by atoms with Gasteiger partial charge in [-0.25, -0.2) is 4.98 Å². The van der Waals surface area contributed by atoms with E-state index < -0.39 is 0 Å². The molecule has 0 bridgehead atoms. The highest BCUT2D eigenvalue weighted by Gasteiger charge is 2.13. The van der Waals surface area contributed by atoms with Crippen LogP contribution >= 0.6 is 11.3 Å². The zero-order chi connectivity index (χ0) is 22.5. The summed E-state index contributed by atoms with van der Waals surface area (Å²) < 4.78 is 12.6. The Kier molecular flexibility index (Phi) is 6.56. The topological polar surface area (TPSA) is 65.4 Å². The predicted molar refractivity (Wildman–Crippen MR) is 127 cm³/mol. The number of nitrogens with one attached hydrogen (secondary N) is 1. The number of thiazole rings is 1. The van der Waals surface area contributed by atoms with E-state index in [-0.39, 0.29) is 12.5 Å². The fourth-order valence-corrected chi connectivity index (χ4v) is 4.29. The molecule has 2 aromatic carbocycles. The molecule has 4 rings (SSSR count). The Bertz CT molecular complexity index is 1210. The van der Waals surface area contributed by atoms with Crippen molar-refractivity contribution in [1.82, 2.24) is 14.9 Å². The maximum Gasteiger partial charge on any atom is 0.240 e. The lowest BCUT2D eigenvalue weighted by Gasteiger charge is -2.12. The van der Waals surface area contributed by atoms with Crippen LogP contribution in [0.2, 0.25) is 0 Å². The quantitative estimate of drug-likeness (QED) is 0.416. The molecule has 164 valence electrons. The van der Waals surface area contributed by atoms with Gasteiger partial charge in [-0.3, -0.25) is 4.79 Å². The number of rotatable bonds is 8. The third kappa shape index (κ3) is 4.84. The first-order chi connectivity index (χ1) is 15.6. The van der Waals surface area contributed by atoms with Crippen LogP contribution in [-0.4, -0.2) is 29.7 Å². The van der Waals surface area contributed by atoms with Crippen molar-refractivity contribution in [3.63, 3.8) is 0 Å². The van der Waals surface area contributed by atoms with Crippen molar-refractivity contribution in [2.24, 2.45) is 0 Å². The second kappa shape index (κ2) is 9.70. The summed E-state index contributed by atoms with van der Waals surface area (Å²) in [4.78, 5) is 17.5. The van der Waals surface area contributed by atoms with Crippen molar-refractivity contribution in [3.8, 4) is 33.5 Å². The standard InChI is InChI=1S/C25H25N3O3S/c1-17-6-8-18(9-7-17)21-16-32-25(27-21)22-5-4-12-28(22)15-24(29)26-14-19-13-20(30-2)10-11-23(19)31-3/h4-13,16H,14-15H2,1-3H3,(H,26,29). The Morgan fingerprint density at radius 2 is 1.91 bits per heavy atom. The Morgan fingerprint density at radius 1 is 1.09 bits per heavy atom. The highest BCUT2D eigenvalue weighted by molar-refractivity contribution is 7.13. The second-order valence-electron chi connectivity index (χ2n) is 7.38. The molecule has 0 saturated carbocycles. The van der Waals surface area contributed by atoms with Crippen molar-refractivity contribution in [2.75, 3.05) is 14.2 Å². The molecule has 0 atom stereocenters. The van der Waals surface area contributed by atoms with Gasteiger partial charge in [-0.1, -0.05) is 29.8 Å². The minimum Gasteiger partial charge on any atom is -0.497 e. The number of carbonyl (C=O) groups excluding carboxylic acids is 1. The zero-order valence-corrected chi connectivity index (χ0v) is 19.1. The Labute approximate surface area is 191 Å². The molecule has 0 aliphatic carbocycles. The van der Waals surface area contributed by atoms with Gasteiger partial charge in [-0.05, 0) is 37.3 Å². The van der Waals surface area contributed by atoms with Gasteiger partial charge >= 0.3 is 0 Å². The van der Waals surface area contributed by atoms with Crippen LogP contribution in [0.1, 0.15) is 11.1 Å². The minimum atomic E-state index is -0.0948. The van der Waals surface area contributed by atoms with Crippen molar-refractivity contribution in [1.29, 1.82) is 0 Å². The number of nitrogens with zero attached hydrogens (tertiary/aromatic N) is 2. The first kappa shape index (κ1) is 21.6. The van der Waals surface area contributed by atoms with E-state index in [1.165, 1.54) is 5.56 Å². The second-order valence-corrected chi connectivity index (χ2v) is 8.24. The molecule has 0 unspecified atom stereocenters. The number of benzene rings is 2. The predicted octanol–water partition coefficient (Wildman–Crippen LogP) is 4.92. The zero-order valence-electron chi connectivity index (χ0n) is 18.3. The number of aromatic nitrogens is 2. The van der Waals surface area contributed by atoms with E-state index in [4.69, 9.17) is 14.5 Å². The molecular formula is C25H25N3O3S. The number of amides is 1. The minimum absolute atomic E-state index is 0.0948. The van der Waals surface area contributed by atoms with Crippen LogP contribution in [0, 0.1) is 6.92 Å². The van der Waals surface area contributed by atoms with Crippen LogP contribution in [-0.2, 0) is 17.9 Å². The first-order valence-electron chi connectivity index (χ1n) is 10.2. The van der Waals surface area contributed by atoms with Crippen LogP contribution in [0.15, 0.2) is 66.2 Å². The van der Waals surface area contributed by atoms with Gasteiger partial charge in [0.1, 0.15) is 23.1 Å². The summed E-state index contributed by atoms with van der Waals surface area (Å²) in [5, 5.41) is 5.90. The van der Waals surface area contributed by atoms with Gasteiger partial charge in [-0.2, -0.15) is 0 Å². The molecule has 6 nitrogen and oxygen atoms in total. The number of aryl methyl sites for hydroxylation is 1. The average molecular weight is 448 g/mol. The van der Waals surface area contributed by atoms with Crippen LogP contribution in [0.5, 0.6) is 11.5 Å². The summed E-state index contributed by atoms with van der Waals surface area (Å²) in [5.74, 6) is 1.33. The normalized spacial score (nSPS) is 10.7. The molecule has 1 N–H and O–H groups in total. The third-order valence-electron chi connectivity index (χ3n) is 5.18. The molecule has 0 aliphatic heterocycles. The molecule has 1 amide bonds. The summed E-state index contributed by atoms with van der Waals surface area (Å²) >= 11 is 1.57. The smallest absolute Gasteiger partial charge is 0.240 e. The van der Waals surface area contributed by atoms with Crippen molar-refractivity contribution >= 4 is 17.2 Å². The summed E-state index contributed by atoms with van der Waals surface area (Å²) in [7, 11) is 3.22. The van der Waals surface area contributed by atoms with Crippen LogP contribution in [0.4, 0.5) is 0 Å². The summed E-state index contributed by atoms with van der Waals surface area (Å²) in [6.07, 6.45) is 1.90. The molecule has 2 heterocycles. The largest absolute Gasteiger partial charge is 0.497 e. The molecule has 0 spiro atoms. The number of hydrogen-bond acceptors (Lipinski definition) is 5. The molecule has 0 radical (unpaired) electrons. The van der Waals surface area contributed by atoms with Crippen LogP contribution < -0.4 is 14.8 Å². The summed E-state index contributed by atoms with van der Waals surface area (Å²) in [6.45, 7) is 2.62. The van der Waals surface area contributed by atoms with Crippen molar-refractivity contribution in [3.05, 3.63) is 77.3 Å². The molecule has 32 heavy (non-hydrogen) atoms. The van der Waals surface area contributed by atoms with E-state index in [1.807, 2.05) is 46.5 Å². The maximum absolute atomic E-state index is 12.7. The van der Waals surface area contributed by atoms with Crippen molar-refractivity contribution in [2.45, 2.75) is 20.0 Å². The monoisotopic (exact) mass is 447 g/mol. The maximum atomic E-state index is 12.7. The van der Waals surface area contributed by atoms with Gasteiger partial charge in [0, 0.05) is 29.2 Å². The Hall–Kier alpha value is -3.58. The highest BCUT2D eigenvalue weighted by atomic mass is 32.1. The van der Waals surface area contributed by atoms with E-state index in [9.17, 15) is 4.79 Å². The number of hydrogen-bond donors (Lipinski definition) is 1. The van der Waals surface area contributed by atoms with Crippen LogP contribution in [0.25, 0.3) is 22.0 Å². The van der Waals surface area contributed by atoms with Gasteiger partial charge in [0.05, 0.1) is 25.6 Å². The molecule has 0 fully saturated rings. The van der Waals surface area contributed by atoms with E-state index in [1.54, 1.807) is 25.6 Å². The van der Waals surface area contributed by atoms with E-state index >= 15 is 0 Å². The van der Waals surface area contributed by atoms with Gasteiger partial charge in [0.2, 0.25) is 5.91 Å².